The summed E-state index contributed by atoms with van der Waals surface area (Å²) in [7, 11) is 3.27. The van der Waals surface area contributed by atoms with Gasteiger partial charge in [-0.1, -0.05) is 30.3 Å². The molecule has 2 rings (SSSR count). The molecule has 0 radical (unpaired) electrons. The second-order valence-corrected chi connectivity index (χ2v) is 4.67. The maximum Gasteiger partial charge on any atom is 0.414 e. The summed E-state index contributed by atoms with van der Waals surface area (Å²) in [5.74, 6) is -1.88. The highest BCUT2D eigenvalue weighted by Gasteiger charge is 2.15. The molecule has 0 spiro atoms. The van der Waals surface area contributed by atoms with Gasteiger partial charge in [0.2, 0.25) is 17.7 Å². The van der Waals surface area contributed by atoms with E-state index in [1.54, 1.807) is 14.1 Å². The standard InChI is InChI=1S/C14H15N5O4/c1-19(2)13-16-10(11(20)21)15-12(17-13)18-14(22)23-8-9-6-4-3-5-7-9/h3-7H,8H2,1-2H3,(H,20,21)(H,15,16,17,18,22). The Morgan fingerprint density at radius 2 is 1.87 bits per heavy atom. The van der Waals surface area contributed by atoms with Gasteiger partial charge in [0.25, 0.3) is 0 Å². The van der Waals surface area contributed by atoms with Gasteiger partial charge in [0, 0.05) is 14.1 Å². The molecule has 9 nitrogen and oxygen atoms in total. The van der Waals surface area contributed by atoms with Crippen LogP contribution < -0.4 is 10.2 Å². The van der Waals surface area contributed by atoms with E-state index in [9.17, 15) is 9.59 Å². The van der Waals surface area contributed by atoms with E-state index in [4.69, 9.17) is 9.84 Å². The van der Waals surface area contributed by atoms with E-state index < -0.39 is 17.9 Å². The van der Waals surface area contributed by atoms with Crippen LogP contribution in [0.25, 0.3) is 0 Å². The zero-order chi connectivity index (χ0) is 16.8. The summed E-state index contributed by atoms with van der Waals surface area (Å²) in [6.45, 7) is 0.0735. The maximum absolute atomic E-state index is 11.8. The van der Waals surface area contributed by atoms with Gasteiger partial charge in [0.05, 0.1) is 0 Å². The Hall–Kier alpha value is -3.23. The number of carbonyl (C=O) groups excluding carboxylic acids is 1. The molecule has 0 atom stereocenters. The summed E-state index contributed by atoms with van der Waals surface area (Å²) < 4.78 is 5.02. The highest BCUT2D eigenvalue weighted by atomic mass is 16.5. The van der Waals surface area contributed by atoms with E-state index in [1.165, 1.54) is 4.90 Å². The lowest BCUT2D eigenvalue weighted by Crippen LogP contribution is -2.21. The molecule has 0 fully saturated rings. The minimum atomic E-state index is -1.32. The number of ether oxygens (including phenoxy) is 1. The number of rotatable bonds is 5. The average molecular weight is 317 g/mol. The zero-order valence-electron chi connectivity index (χ0n) is 12.6. The lowest BCUT2D eigenvalue weighted by atomic mass is 10.2. The second kappa shape index (κ2) is 7.16. The fraction of sp³-hybridized carbons (Fsp3) is 0.214. The smallest absolute Gasteiger partial charge is 0.414 e. The van der Waals surface area contributed by atoms with Gasteiger partial charge in [0.1, 0.15) is 6.61 Å². The number of anilines is 2. The van der Waals surface area contributed by atoms with Crippen LogP contribution in [-0.2, 0) is 11.3 Å². The van der Waals surface area contributed by atoms with Gasteiger partial charge in [-0.05, 0) is 5.56 Å². The van der Waals surface area contributed by atoms with E-state index in [1.807, 2.05) is 30.3 Å². The van der Waals surface area contributed by atoms with Gasteiger partial charge < -0.3 is 14.7 Å². The molecule has 0 unspecified atom stereocenters. The summed E-state index contributed by atoms with van der Waals surface area (Å²) in [5.41, 5.74) is 0.818. The van der Waals surface area contributed by atoms with Crippen molar-refractivity contribution in [2.45, 2.75) is 6.61 Å². The highest BCUT2D eigenvalue weighted by molar-refractivity contribution is 5.86. The van der Waals surface area contributed by atoms with E-state index in [0.29, 0.717) is 0 Å². The van der Waals surface area contributed by atoms with Crippen molar-refractivity contribution in [2.24, 2.45) is 0 Å². The molecule has 2 aromatic rings. The predicted molar refractivity (Wildman–Crippen MR) is 81.4 cm³/mol. The molecule has 1 amide bonds. The predicted octanol–water partition coefficient (Wildman–Crippen LogP) is 1.38. The summed E-state index contributed by atoms with van der Waals surface area (Å²) in [4.78, 5) is 35.6. The first-order chi connectivity index (χ1) is 11.0. The van der Waals surface area contributed by atoms with Crippen molar-refractivity contribution in [1.82, 2.24) is 15.0 Å². The quantitative estimate of drug-likeness (QED) is 0.849. The molecule has 0 aliphatic heterocycles. The van der Waals surface area contributed by atoms with Gasteiger partial charge in [-0.3, -0.25) is 5.32 Å². The second-order valence-electron chi connectivity index (χ2n) is 4.67. The van der Waals surface area contributed by atoms with Crippen LogP contribution in [0.4, 0.5) is 16.7 Å². The summed E-state index contributed by atoms with van der Waals surface area (Å²) in [5, 5.41) is 11.3. The third-order valence-electron chi connectivity index (χ3n) is 2.64. The minimum absolute atomic E-state index is 0.0735. The number of carboxylic acids is 1. The van der Waals surface area contributed by atoms with Crippen LogP contribution in [0, 0.1) is 0 Å². The van der Waals surface area contributed by atoms with Crippen LogP contribution in [0.1, 0.15) is 16.2 Å². The number of nitrogens with zero attached hydrogens (tertiary/aromatic N) is 4. The first kappa shape index (κ1) is 16.1. The third-order valence-corrected chi connectivity index (χ3v) is 2.64. The van der Waals surface area contributed by atoms with Crippen molar-refractivity contribution < 1.29 is 19.4 Å². The maximum atomic E-state index is 11.8. The Kier molecular flexibility index (Phi) is 5.03. The van der Waals surface area contributed by atoms with Gasteiger partial charge in [-0.15, -0.1) is 0 Å². The largest absolute Gasteiger partial charge is 0.475 e. The Morgan fingerprint density at radius 1 is 1.17 bits per heavy atom. The number of benzene rings is 1. The van der Waals surface area contributed by atoms with Gasteiger partial charge >= 0.3 is 12.1 Å². The Labute approximate surface area is 132 Å². The van der Waals surface area contributed by atoms with Crippen LogP contribution in [0.2, 0.25) is 0 Å². The molecular weight excluding hydrogens is 302 g/mol. The number of aromatic carboxylic acids is 1. The van der Waals surface area contributed by atoms with Crippen LogP contribution in [0.5, 0.6) is 0 Å². The molecule has 23 heavy (non-hydrogen) atoms. The van der Waals surface area contributed by atoms with E-state index in [-0.39, 0.29) is 18.5 Å². The number of hydrogen-bond acceptors (Lipinski definition) is 7. The number of carbonyl (C=O) groups is 2. The lowest BCUT2D eigenvalue weighted by Gasteiger charge is -2.12. The molecule has 120 valence electrons. The number of aromatic nitrogens is 3. The van der Waals surface area contributed by atoms with Crippen molar-refractivity contribution in [3.63, 3.8) is 0 Å². The van der Waals surface area contributed by atoms with Crippen molar-refractivity contribution in [3.05, 3.63) is 41.7 Å². The molecule has 0 aliphatic rings. The van der Waals surface area contributed by atoms with Gasteiger partial charge in [-0.25, -0.2) is 9.59 Å². The Morgan fingerprint density at radius 3 is 2.48 bits per heavy atom. The molecule has 2 N–H and O–H groups in total. The monoisotopic (exact) mass is 317 g/mol. The molecule has 0 aliphatic carbocycles. The zero-order valence-corrected chi connectivity index (χ0v) is 12.6. The summed E-state index contributed by atoms with van der Waals surface area (Å²) >= 11 is 0. The van der Waals surface area contributed by atoms with Crippen molar-refractivity contribution in [3.8, 4) is 0 Å². The average Bonchev–Trinajstić information content (AvgIpc) is 2.53. The van der Waals surface area contributed by atoms with Crippen LogP contribution in [0.15, 0.2) is 30.3 Å². The van der Waals surface area contributed by atoms with Crippen molar-refractivity contribution in [2.75, 3.05) is 24.3 Å². The number of nitrogens with one attached hydrogen (secondary N) is 1. The van der Waals surface area contributed by atoms with Gasteiger partial charge in [-0.2, -0.15) is 15.0 Å². The van der Waals surface area contributed by atoms with E-state index in [0.717, 1.165) is 5.56 Å². The lowest BCUT2D eigenvalue weighted by molar-refractivity contribution is 0.0683. The molecule has 0 bridgehead atoms. The Bertz CT molecular complexity index is 706. The first-order valence-electron chi connectivity index (χ1n) is 6.60. The molecule has 1 aromatic heterocycles. The minimum Gasteiger partial charge on any atom is -0.475 e. The van der Waals surface area contributed by atoms with Crippen LogP contribution in [-0.4, -0.2) is 46.2 Å². The van der Waals surface area contributed by atoms with Crippen molar-refractivity contribution in [1.29, 1.82) is 0 Å². The number of carboxylic acid groups (broad SMARTS) is 1. The molecule has 9 heteroatoms. The van der Waals surface area contributed by atoms with E-state index in [2.05, 4.69) is 20.3 Å². The molecule has 1 aromatic carbocycles. The van der Waals surface area contributed by atoms with Gasteiger partial charge in [0.15, 0.2) is 0 Å². The fourth-order valence-electron chi connectivity index (χ4n) is 1.57. The third kappa shape index (κ3) is 4.63. The number of hydrogen-bond donors (Lipinski definition) is 2. The summed E-state index contributed by atoms with van der Waals surface area (Å²) in [6, 6.07) is 9.12. The highest BCUT2D eigenvalue weighted by Crippen LogP contribution is 2.09. The SMILES string of the molecule is CN(C)c1nc(NC(=O)OCc2ccccc2)nc(C(=O)O)n1. The normalized spacial score (nSPS) is 10.0. The van der Waals surface area contributed by atoms with Crippen molar-refractivity contribution >= 4 is 24.0 Å². The first-order valence-corrected chi connectivity index (χ1v) is 6.60. The topological polar surface area (TPSA) is 118 Å². The van der Waals surface area contributed by atoms with Crippen LogP contribution in [0.3, 0.4) is 0 Å². The molecule has 0 saturated heterocycles. The molecule has 1 heterocycles. The summed E-state index contributed by atoms with van der Waals surface area (Å²) in [6.07, 6.45) is -0.791. The number of amides is 1. The van der Waals surface area contributed by atoms with E-state index >= 15 is 0 Å². The fourth-order valence-corrected chi connectivity index (χ4v) is 1.57. The molecular formula is C14H15N5O4. The van der Waals surface area contributed by atoms with Crippen LogP contribution >= 0.6 is 0 Å². The molecule has 0 saturated carbocycles. The Balaban J connectivity index is 2.06.